The van der Waals surface area contributed by atoms with Crippen molar-refractivity contribution in [2.24, 2.45) is 5.92 Å². The van der Waals surface area contributed by atoms with Crippen LogP contribution >= 0.6 is 0 Å². The van der Waals surface area contributed by atoms with Crippen molar-refractivity contribution in [3.63, 3.8) is 0 Å². The number of hydrogen-bond donors (Lipinski definition) is 1. The van der Waals surface area contributed by atoms with Crippen molar-refractivity contribution in [2.75, 3.05) is 0 Å². The fourth-order valence-electron chi connectivity index (χ4n) is 2.25. The smallest absolute Gasteiger partial charge is 0.0310 e. The second-order valence-electron chi connectivity index (χ2n) is 4.43. The van der Waals surface area contributed by atoms with Crippen LogP contribution < -0.4 is 5.32 Å². The molecule has 0 aromatic carbocycles. The second kappa shape index (κ2) is 2.10. The van der Waals surface area contributed by atoms with Crippen molar-refractivity contribution in [3.05, 3.63) is 12.2 Å². The van der Waals surface area contributed by atoms with Gasteiger partial charge in [-0.1, -0.05) is 12.2 Å². The molecule has 1 aliphatic heterocycles. The zero-order chi connectivity index (χ0) is 8.06. The van der Waals surface area contributed by atoms with Gasteiger partial charge < -0.3 is 5.32 Å². The SMILES string of the molecule is C=C(C)[C@@H]1CC[C@]2(C)N[C@@H]2C1. The lowest BCUT2D eigenvalue weighted by atomic mass is 9.80. The van der Waals surface area contributed by atoms with Gasteiger partial charge in [-0.05, 0) is 39.0 Å². The summed E-state index contributed by atoms with van der Waals surface area (Å²) in [4.78, 5) is 0. The normalized spacial score (nSPS) is 48.2. The van der Waals surface area contributed by atoms with Crippen LogP contribution in [-0.4, -0.2) is 11.6 Å². The molecular weight excluding hydrogens is 134 g/mol. The average molecular weight is 151 g/mol. The summed E-state index contributed by atoms with van der Waals surface area (Å²) >= 11 is 0. The molecule has 1 heterocycles. The number of nitrogens with one attached hydrogen (secondary N) is 1. The Morgan fingerprint density at radius 3 is 2.91 bits per heavy atom. The molecule has 0 aromatic heterocycles. The Bertz CT molecular complexity index is 197. The fraction of sp³-hybridized carbons (Fsp3) is 0.800. The van der Waals surface area contributed by atoms with Crippen LogP contribution in [0.3, 0.4) is 0 Å². The van der Waals surface area contributed by atoms with Crippen molar-refractivity contribution >= 4 is 0 Å². The molecule has 2 fully saturated rings. The number of fused-ring (bicyclic) bond motifs is 1. The van der Waals surface area contributed by atoms with E-state index in [0.29, 0.717) is 5.54 Å². The fourth-order valence-corrected chi connectivity index (χ4v) is 2.25. The predicted molar refractivity (Wildman–Crippen MR) is 47.5 cm³/mol. The van der Waals surface area contributed by atoms with Gasteiger partial charge in [0.15, 0.2) is 0 Å². The van der Waals surface area contributed by atoms with Crippen molar-refractivity contribution in [1.29, 1.82) is 0 Å². The minimum atomic E-state index is 0.520. The van der Waals surface area contributed by atoms with Gasteiger partial charge in [-0.15, -0.1) is 0 Å². The summed E-state index contributed by atoms with van der Waals surface area (Å²) < 4.78 is 0. The summed E-state index contributed by atoms with van der Waals surface area (Å²) in [7, 11) is 0. The van der Waals surface area contributed by atoms with Crippen molar-refractivity contribution in [2.45, 2.75) is 44.7 Å². The summed E-state index contributed by atoms with van der Waals surface area (Å²) in [6, 6.07) is 0.804. The van der Waals surface area contributed by atoms with E-state index >= 15 is 0 Å². The Kier molecular flexibility index (Phi) is 1.40. The predicted octanol–water partition coefficient (Wildman–Crippen LogP) is 2.09. The van der Waals surface area contributed by atoms with Crippen LogP contribution in [0.5, 0.6) is 0 Å². The molecule has 0 unspecified atom stereocenters. The first kappa shape index (κ1) is 7.35. The van der Waals surface area contributed by atoms with Crippen LogP contribution in [0.2, 0.25) is 0 Å². The van der Waals surface area contributed by atoms with E-state index in [1.165, 1.54) is 24.8 Å². The summed E-state index contributed by atoms with van der Waals surface area (Å²) in [6.07, 6.45) is 4.01. The third-order valence-corrected chi connectivity index (χ3v) is 3.42. The van der Waals surface area contributed by atoms with Gasteiger partial charge in [0.05, 0.1) is 0 Å². The monoisotopic (exact) mass is 151 g/mol. The highest BCUT2D eigenvalue weighted by atomic mass is 15.2. The molecule has 3 atom stereocenters. The quantitative estimate of drug-likeness (QED) is 0.450. The zero-order valence-electron chi connectivity index (χ0n) is 7.48. The molecular formula is C10H17N. The molecule has 1 heteroatoms. The van der Waals surface area contributed by atoms with Crippen LogP contribution in [0, 0.1) is 5.92 Å². The topological polar surface area (TPSA) is 21.9 Å². The highest BCUT2D eigenvalue weighted by molar-refractivity contribution is 5.17. The maximum Gasteiger partial charge on any atom is 0.0310 e. The molecule has 1 nitrogen and oxygen atoms in total. The minimum Gasteiger partial charge on any atom is -0.305 e. The lowest BCUT2D eigenvalue weighted by Gasteiger charge is -2.23. The Hall–Kier alpha value is -0.300. The van der Waals surface area contributed by atoms with Gasteiger partial charge in [-0.2, -0.15) is 0 Å². The van der Waals surface area contributed by atoms with E-state index in [0.717, 1.165) is 12.0 Å². The molecule has 0 amide bonds. The Morgan fingerprint density at radius 1 is 1.64 bits per heavy atom. The standard InChI is InChI=1S/C10H17N/c1-7(2)8-4-5-10(3)9(6-8)11-10/h8-9,11H,1,4-6H2,2-3H3/t8-,9-,10+/m1/s1. The molecule has 1 saturated heterocycles. The second-order valence-corrected chi connectivity index (χ2v) is 4.43. The average Bonchev–Trinajstić information content (AvgIpc) is 2.58. The van der Waals surface area contributed by atoms with Crippen LogP contribution in [0.4, 0.5) is 0 Å². The molecule has 0 aromatic rings. The number of rotatable bonds is 1. The molecule has 1 N–H and O–H groups in total. The van der Waals surface area contributed by atoms with Crippen LogP contribution in [0.1, 0.15) is 33.1 Å². The van der Waals surface area contributed by atoms with E-state index in [9.17, 15) is 0 Å². The molecule has 1 saturated carbocycles. The molecule has 11 heavy (non-hydrogen) atoms. The van der Waals surface area contributed by atoms with E-state index in [2.05, 4.69) is 25.7 Å². The van der Waals surface area contributed by atoms with Crippen molar-refractivity contribution in [3.8, 4) is 0 Å². The maximum atomic E-state index is 4.03. The van der Waals surface area contributed by atoms with E-state index in [-0.39, 0.29) is 0 Å². The van der Waals surface area contributed by atoms with Gasteiger partial charge in [0.1, 0.15) is 0 Å². The van der Waals surface area contributed by atoms with Crippen molar-refractivity contribution < 1.29 is 0 Å². The first-order valence-corrected chi connectivity index (χ1v) is 4.55. The zero-order valence-corrected chi connectivity index (χ0v) is 7.48. The van der Waals surface area contributed by atoms with E-state index in [1.807, 2.05) is 0 Å². The molecule has 0 bridgehead atoms. The maximum absolute atomic E-state index is 4.03. The number of allylic oxidation sites excluding steroid dienone is 1. The Balaban J connectivity index is 1.98. The molecule has 2 rings (SSSR count). The Morgan fingerprint density at radius 2 is 2.36 bits per heavy atom. The van der Waals surface area contributed by atoms with E-state index < -0.39 is 0 Å². The molecule has 1 aliphatic carbocycles. The molecule has 0 spiro atoms. The molecule has 62 valence electrons. The van der Waals surface area contributed by atoms with Crippen molar-refractivity contribution in [1.82, 2.24) is 5.32 Å². The lowest BCUT2D eigenvalue weighted by molar-refractivity contribution is 0.396. The first-order valence-electron chi connectivity index (χ1n) is 4.55. The summed E-state index contributed by atoms with van der Waals surface area (Å²) in [6.45, 7) is 8.53. The lowest BCUT2D eigenvalue weighted by Crippen LogP contribution is -2.21. The van der Waals surface area contributed by atoms with Gasteiger partial charge in [0.25, 0.3) is 0 Å². The first-order chi connectivity index (χ1) is 5.12. The van der Waals surface area contributed by atoms with E-state index in [1.54, 1.807) is 0 Å². The van der Waals surface area contributed by atoms with Gasteiger partial charge in [-0.25, -0.2) is 0 Å². The van der Waals surface area contributed by atoms with Gasteiger partial charge >= 0.3 is 0 Å². The molecule has 0 radical (unpaired) electrons. The largest absolute Gasteiger partial charge is 0.305 e. The van der Waals surface area contributed by atoms with E-state index in [4.69, 9.17) is 0 Å². The minimum absolute atomic E-state index is 0.520. The van der Waals surface area contributed by atoms with Gasteiger partial charge in [0.2, 0.25) is 0 Å². The van der Waals surface area contributed by atoms with Crippen LogP contribution in [-0.2, 0) is 0 Å². The summed E-state index contributed by atoms with van der Waals surface area (Å²) in [5.74, 6) is 0.795. The third-order valence-electron chi connectivity index (χ3n) is 3.42. The molecule has 2 aliphatic rings. The van der Waals surface area contributed by atoms with Gasteiger partial charge in [0, 0.05) is 11.6 Å². The van der Waals surface area contributed by atoms with Crippen LogP contribution in [0.15, 0.2) is 12.2 Å². The summed E-state index contributed by atoms with van der Waals surface area (Å²) in [5.41, 5.74) is 1.90. The van der Waals surface area contributed by atoms with Crippen LogP contribution in [0.25, 0.3) is 0 Å². The number of hydrogen-bond acceptors (Lipinski definition) is 1. The highest BCUT2D eigenvalue weighted by Crippen LogP contribution is 2.43. The highest BCUT2D eigenvalue weighted by Gasteiger charge is 2.52. The Labute approximate surface area is 68.9 Å². The van der Waals surface area contributed by atoms with Gasteiger partial charge in [-0.3, -0.25) is 0 Å². The third kappa shape index (κ3) is 1.12. The summed E-state index contributed by atoms with van der Waals surface area (Å²) in [5, 5.41) is 3.55.